The second-order valence-corrected chi connectivity index (χ2v) is 8.15. The van der Waals surface area contributed by atoms with Gasteiger partial charge in [0, 0.05) is 38.4 Å². The summed E-state index contributed by atoms with van der Waals surface area (Å²) in [5, 5.41) is 2.60. The second-order valence-electron chi connectivity index (χ2n) is 7.04. The number of fused-ring (bicyclic) bond motifs is 1. The van der Waals surface area contributed by atoms with Gasteiger partial charge >= 0.3 is 11.3 Å². The van der Waals surface area contributed by atoms with Gasteiger partial charge in [-0.3, -0.25) is 4.90 Å². The Labute approximate surface area is 168 Å². The number of benzene rings is 3. The van der Waals surface area contributed by atoms with Crippen molar-refractivity contribution in [2.24, 2.45) is 0 Å². The van der Waals surface area contributed by atoms with E-state index in [1.807, 2.05) is 12.1 Å². The van der Waals surface area contributed by atoms with Crippen LogP contribution in [-0.4, -0.2) is 38.2 Å². The average molecular weight is 397 g/mol. The van der Waals surface area contributed by atoms with E-state index in [9.17, 15) is 4.21 Å². The molecule has 28 heavy (non-hydrogen) atoms. The lowest BCUT2D eigenvalue weighted by molar-refractivity contribution is 0.250. The van der Waals surface area contributed by atoms with Crippen molar-refractivity contribution in [2.75, 3.05) is 42.9 Å². The summed E-state index contributed by atoms with van der Waals surface area (Å²) in [5.74, 6) is 0. The summed E-state index contributed by atoms with van der Waals surface area (Å²) in [6, 6.07) is 23.3. The van der Waals surface area contributed by atoms with Gasteiger partial charge in [0.05, 0.1) is 12.8 Å². The number of hydrogen-bond acceptors (Lipinski definition) is 4. The fraction of sp³-hybridized carbons (Fsp3) is 0.273. The van der Waals surface area contributed by atoms with Crippen LogP contribution in [0.2, 0.25) is 0 Å². The van der Waals surface area contributed by atoms with Crippen molar-refractivity contribution < 1.29 is 8.39 Å². The van der Waals surface area contributed by atoms with Crippen molar-refractivity contribution in [3.8, 4) is 0 Å². The molecule has 1 aliphatic heterocycles. The Kier molecular flexibility index (Phi) is 5.90. The van der Waals surface area contributed by atoms with E-state index in [0.29, 0.717) is 0 Å². The molecule has 1 unspecified atom stereocenters. The van der Waals surface area contributed by atoms with Crippen molar-refractivity contribution in [1.82, 2.24) is 4.90 Å². The van der Waals surface area contributed by atoms with Gasteiger partial charge in [-0.2, -0.15) is 8.91 Å². The number of hydrogen-bond donors (Lipinski definition) is 1. The topological polar surface area (TPSA) is 44.8 Å². The highest BCUT2D eigenvalue weighted by molar-refractivity contribution is 7.81. The van der Waals surface area contributed by atoms with Gasteiger partial charge in [0.2, 0.25) is 0 Å². The molecule has 0 bridgehead atoms. The molecule has 3 aromatic rings. The van der Waals surface area contributed by atoms with Gasteiger partial charge in [-0.15, -0.1) is 0 Å². The quantitative estimate of drug-likeness (QED) is 0.509. The third-order valence-corrected chi connectivity index (χ3v) is 5.98. The fourth-order valence-corrected chi connectivity index (χ4v) is 4.11. The molecule has 1 atom stereocenters. The maximum Gasteiger partial charge on any atom is 0.300 e. The van der Waals surface area contributed by atoms with Crippen LogP contribution < -0.4 is 9.62 Å². The molecule has 0 spiro atoms. The smallest absolute Gasteiger partial charge is 0.300 e. The number of piperazine rings is 1. The molecule has 0 amide bonds. The van der Waals surface area contributed by atoms with Gasteiger partial charge in [-0.1, -0.05) is 36.4 Å². The first-order chi connectivity index (χ1) is 13.7. The van der Waals surface area contributed by atoms with Gasteiger partial charge in [-0.05, 0) is 50.9 Å². The van der Waals surface area contributed by atoms with Crippen LogP contribution in [0, 0.1) is 0 Å². The van der Waals surface area contributed by atoms with E-state index in [2.05, 4.69) is 69.1 Å². The highest BCUT2D eigenvalue weighted by Gasteiger charge is 2.17. The van der Waals surface area contributed by atoms with Gasteiger partial charge in [0.25, 0.3) is 0 Å². The lowest BCUT2D eigenvalue weighted by Crippen LogP contribution is -2.45. The Balaban J connectivity index is 1.33. The SMILES string of the molecule is CO[SH+](=O)Nc1ccc(N2CCN(Cc3ccc4ccccc4c3)CC2)cc1. The standard InChI is InChI=1S/C22H25N3O2S/c1-27-28(26)23-21-8-10-22(11-9-21)25-14-12-24(13-15-25)17-18-6-7-19-4-2-3-5-20(19)16-18/h2-11,16H,12-15,17H2,1H3,(H,23,26)/p+1. The third-order valence-electron chi connectivity index (χ3n) is 5.21. The molecule has 1 heterocycles. The van der Waals surface area contributed by atoms with E-state index in [4.69, 9.17) is 4.18 Å². The van der Waals surface area contributed by atoms with Crippen LogP contribution >= 0.6 is 0 Å². The first kappa shape index (κ1) is 18.9. The number of anilines is 2. The molecule has 0 saturated carbocycles. The normalized spacial score (nSPS) is 16.2. The first-order valence-corrected chi connectivity index (χ1v) is 10.7. The summed E-state index contributed by atoms with van der Waals surface area (Å²) < 4.78 is 19.0. The molecule has 0 radical (unpaired) electrons. The minimum absolute atomic E-state index is 0.807. The van der Waals surface area contributed by atoms with E-state index < -0.39 is 11.3 Å². The predicted octanol–water partition coefficient (Wildman–Crippen LogP) is 3.75. The van der Waals surface area contributed by atoms with E-state index >= 15 is 0 Å². The van der Waals surface area contributed by atoms with Crippen molar-refractivity contribution in [2.45, 2.75) is 6.54 Å². The molecule has 1 N–H and O–H groups in total. The summed E-state index contributed by atoms with van der Waals surface area (Å²) in [7, 11) is 1.43. The molecule has 1 aliphatic rings. The highest BCUT2D eigenvalue weighted by Crippen LogP contribution is 2.21. The van der Waals surface area contributed by atoms with Crippen molar-refractivity contribution in [3.05, 3.63) is 72.3 Å². The van der Waals surface area contributed by atoms with E-state index in [1.165, 1.54) is 29.1 Å². The second kappa shape index (κ2) is 8.73. The molecule has 0 aromatic heterocycles. The Bertz CT molecular complexity index is 953. The molecular formula is C22H26N3O2S+. The lowest BCUT2D eigenvalue weighted by Gasteiger charge is -2.36. The van der Waals surface area contributed by atoms with Crippen LogP contribution in [0.1, 0.15) is 5.56 Å². The molecule has 146 valence electrons. The molecule has 3 aromatic carbocycles. The van der Waals surface area contributed by atoms with Gasteiger partial charge < -0.3 is 4.90 Å². The minimum Gasteiger partial charge on any atom is -0.369 e. The summed E-state index contributed by atoms with van der Waals surface area (Å²) in [6.45, 7) is 5.09. The number of rotatable bonds is 6. The Morgan fingerprint density at radius 3 is 2.36 bits per heavy atom. The van der Waals surface area contributed by atoms with Crippen molar-refractivity contribution in [1.29, 1.82) is 0 Å². The number of nitrogens with zero attached hydrogens (tertiary/aromatic N) is 2. The molecule has 1 saturated heterocycles. The summed E-state index contributed by atoms with van der Waals surface area (Å²) in [4.78, 5) is 4.91. The number of nitrogens with one attached hydrogen (secondary N) is 1. The zero-order chi connectivity index (χ0) is 19.3. The maximum absolute atomic E-state index is 11.4. The first-order valence-electron chi connectivity index (χ1n) is 9.54. The zero-order valence-corrected chi connectivity index (χ0v) is 16.9. The van der Waals surface area contributed by atoms with Crippen molar-refractivity contribution >= 4 is 33.4 Å². The molecular weight excluding hydrogens is 370 g/mol. The fourth-order valence-electron chi connectivity index (χ4n) is 3.66. The van der Waals surface area contributed by atoms with Crippen LogP contribution in [0.4, 0.5) is 11.4 Å². The molecule has 1 fully saturated rings. The summed E-state index contributed by atoms with van der Waals surface area (Å²) in [6.07, 6.45) is 0. The largest absolute Gasteiger partial charge is 0.369 e. The van der Waals surface area contributed by atoms with Crippen LogP contribution in [0.25, 0.3) is 10.8 Å². The maximum atomic E-state index is 11.4. The monoisotopic (exact) mass is 396 g/mol. The van der Waals surface area contributed by atoms with Crippen LogP contribution in [0.3, 0.4) is 0 Å². The molecule has 0 aliphatic carbocycles. The summed E-state index contributed by atoms with van der Waals surface area (Å²) in [5.41, 5.74) is 3.38. The Morgan fingerprint density at radius 1 is 0.929 bits per heavy atom. The van der Waals surface area contributed by atoms with Crippen LogP contribution in [-0.2, 0) is 26.2 Å². The summed E-state index contributed by atoms with van der Waals surface area (Å²) >= 11 is -1.84. The Morgan fingerprint density at radius 2 is 1.64 bits per heavy atom. The minimum atomic E-state index is -1.84. The Hall–Kier alpha value is -2.41. The highest BCUT2D eigenvalue weighted by atomic mass is 32.2. The average Bonchev–Trinajstić information content (AvgIpc) is 2.75. The van der Waals surface area contributed by atoms with E-state index in [-0.39, 0.29) is 0 Å². The zero-order valence-electron chi connectivity index (χ0n) is 16.0. The predicted molar refractivity (Wildman–Crippen MR) is 118 cm³/mol. The number of thiol groups is 1. The molecule has 5 nitrogen and oxygen atoms in total. The van der Waals surface area contributed by atoms with Crippen molar-refractivity contribution in [3.63, 3.8) is 0 Å². The van der Waals surface area contributed by atoms with E-state index in [0.717, 1.165) is 38.4 Å². The van der Waals surface area contributed by atoms with Gasteiger partial charge in [0.15, 0.2) is 0 Å². The van der Waals surface area contributed by atoms with Crippen LogP contribution in [0.5, 0.6) is 0 Å². The molecule has 6 heteroatoms. The van der Waals surface area contributed by atoms with Gasteiger partial charge in [-0.25, -0.2) is 0 Å². The molecule has 4 rings (SSSR count). The van der Waals surface area contributed by atoms with Crippen LogP contribution in [0.15, 0.2) is 66.7 Å². The van der Waals surface area contributed by atoms with E-state index in [1.54, 1.807) is 0 Å². The lowest BCUT2D eigenvalue weighted by atomic mass is 10.1. The third kappa shape index (κ3) is 4.52. The van der Waals surface area contributed by atoms with Gasteiger partial charge in [0.1, 0.15) is 0 Å².